The van der Waals surface area contributed by atoms with E-state index in [0.717, 1.165) is 0 Å². The Morgan fingerprint density at radius 2 is 1.52 bits per heavy atom. The van der Waals surface area contributed by atoms with Crippen molar-refractivity contribution in [1.29, 1.82) is 0 Å². The minimum absolute atomic E-state index is 0.227. The number of hydrogen-bond donors (Lipinski definition) is 3. The van der Waals surface area contributed by atoms with Crippen LogP contribution in [0.1, 0.15) is 20.7 Å². The molecule has 0 aliphatic carbocycles. The molecule has 7 heteroatoms. The van der Waals surface area contributed by atoms with E-state index in [1.54, 1.807) is 24.3 Å². The van der Waals surface area contributed by atoms with Gasteiger partial charge in [-0.15, -0.1) is 0 Å². The van der Waals surface area contributed by atoms with Crippen LogP contribution in [-0.2, 0) is 0 Å². The lowest BCUT2D eigenvalue weighted by molar-refractivity contribution is 0.0846. The Hall–Kier alpha value is -3.09. The Labute approximate surface area is 119 Å². The lowest BCUT2D eigenvalue weighted by Crippen LogP contribution is -2.41. The van der Waals surface area contributed by atoms with E-state index in [2.05, 4.69) is 15.8 Å². The van der Waals surface area contributed by atoms with E-state index >= 15 is 0 Å². The molecule has 0 spiro atoms. The summed E-state index contributed by atoms with van der Waals surface area (Å²) in [5.74, 6) is -0.368. The highest BCUT2D eigenvalue weighted by Crippen LogP contribution is 2.10. The minimum atomic E-state index is -0.534. The van der Waals surface area contributed by atoms with Crippen molar-refractivity contribution in [2.45, 2.75) is 0 Å². The van der Waals surface area contributed by atoms with Crippen molar-refractivity contribution in [3.05, 3.63) is 64.1 Å². The number of nitrogens with one attached hydrogen (secondary N) is 3. The average Bonchev–Trinajstić information content (AvgIpc) is 2.53. The smallest absolute Gasteiger partial charge is 0.271 e. The third kappa shape index (κ3) is 3.69. The number of pyridine rings is 1. The SMILES string of the molecule is COc1ccc(C(=O)NNC(=O)c2ccc(=O)[nH]c2)cc1. The van der Waals surface area contributed by atoms with Gasteiger partial charge in [0.25, 0.3) is 11.8 Å². The van der Waals surface area contributed by atoms with E-state index < -0.39 is 11.8 Å². The van der Waals surface area contributed by atoms with Gasteiger partial charge in [0.15, 0.2) is 0 Å². The van der Waals surface area contributed by atoms with Gasteiger partial charge in [-0.2, -0.15) is 0 Å². The van der Waals surface area contributed by atoms with Gasteiger partial charge in [-0.25, -0.2) is 0 Å². The molecule has 0 aliphatic heterocycles. The second kappa shape index (κ2) is 6.38. The summed E-state index contributed by atoms with van der Waals surface area (Å²) in [6.07, 6.45) is 1.26. The van der Waals surface area contributed by atoms with Crippen LogP contribution in [0.25, 0.3) is 0 Å². The summed E-state index contributed by atoms with van der Waals surface area (Å²) in [6, 6.07) is 8.99. The van der Waals surface area contributed by atoms with Crippen LogP contribution >= 0.6 is 0 Å². The van der Waals surface area contributed by atoms with E-state index in [0.29, 0.717) is 11.3 Å². The number of aromatic nitrogens is 1. The van der Waals surface area contributed by atoms with Gasteiger partial charge in [-0.05, 0) is 30.3 Å². The monoisotopic (exact) mass is 287 g/mol. The number of hydrogen-bond acceptors (Lipinski definition) is 4. The van der Waals surface area contributed by atoms with Gasteiger partial charge < -0.3 is 9.72 Å². The number of amides is 2. The molecule has 0 unspecified atom stereocenters. The first kappa shape index (κ1) is 14.3. The van der Waals surface area contributed by atoms with E-state index in [9.17, 15) is 14.4 Å². The van der Waals surface area contributed by atoms with E-state index in [1.165, 1.54) is 25.4 Å². The lowest BCUT2D eigenvalue weighted by Gasteiger charge is -2.07. The maximum atomic E-state index is 11.8. The first-order valence-corrected chi connectivity index (χ1v) is 6.03. The zero-order valence-electron chi connectivity index (χ0n) is 11.2. The van der Waals surface area contributed by atoms with Crippen molar-refractivity contribution in [1.82, 2.24) is 15.8 Å². The highest BCUT2D eigenvalue weighted by atomic mass is 16.5. The lowest BCUT2D eigenvalue weighted by atomic mass is 10.2. The zero-order chi connectivity index (χ0) is 15.2. The molecule has 0 atom stereocenters. The van der Waals surface area contributed by atoms with E-state index in [1.807, 2.05) is 0 Å². The Morgan fingerprint density at radius 3 is 2.05 bits per heavy atom. The predicted molar refractivity (Wildman–Crippen MR) is 75.0 cm³/mol. The summed E-state index contributed by atoms with van der Waals surface area (Å²) in [6.45, 7) is 0. The van der Waals surface area contributed by atoms with Crippen molar-refractivity contribution < 1.29 is 14.3 Å². The largest absolute Gasteiger partial charge is 0.497 e. The van der Waals surface area contributed by atoms with Gasteiger partial charge in [0.2, 0.25) is 5.56 Å². The van der Waals surface area contributed by atoms with Gasteiger partial charge in [0.1, 0.15) is 5.75 Å². The number of carbonyl (C=O) groups is 2. The number of benzene rings is 1. The maximum absolute atomic E-state index is 11.8. The van der Waals surface area contributed by atoms with Crippen molar-refractivity contribution in [2.75, 3.05) is 7.11 Å². The Bertz CT molecular complexity index is 686. The van der Waals surface area contributed by atoms with Crippen molar-refractivity contribution in [2.24, 2.45) is 0 Å². The highest BCUT2D eigenvalue weighted by Gasteiger charge is 2.09. The van der Waals surface area contributed by atoms with Crippen LogP contribution < -0.4 is 21.1 Å². The number of hydrazine groups is 1. The van der Waals surface area contributed by atoms with Crippen LogP contribution in [0.4, 0.5) is 0 Å². The molecule has 0 bridgehead atoms. The van der Waals surface area contributed by atoms with Crippen molar-refractivity contribution in [3.8, 4) is 5.75 Å². The molecule has 1 aromatic carbocycles. The molecule has 108 valence electrons. The molecule has 2 amide bonds. The summed E-state index contributed by atoms with van der Waals surface area (Å²) in [4.78, 5) is 36.8. The number of ether oxygens (including phenoxy) is 1. The molecular formula is C14H13N3O4. The highest BCUT2D eigenvalue weighted by molar-refractivity contribution is 5.98. The summed E-state index contributed by atoms with van der Waals surface area (Å²) in [5.41, 5.74) is 4.82. The second-order valence-corrected chi connectivity index (χ2v) is 4.08. The molecular weight excluding hydrogens is 274 g/mol. The molecule has 21 heavy (non-hydrogen) atoms. The quantitative estimate of drug-likeness (QED) is 0.714. The first-order chi connectivity index (χ1) is 10.1. The number of H-pyrrole nitrogens is 1. The normalized spacial score (nSPS) is 9.76. The van der Waals surface area contributed by atoms with Crippen molar-refractivity contribution in [3.63, 3.8) is 0 Å². The molecule has 2 rings (SSSR count). The van der Waals surface area contributed by atoms with Gasteiger partial charge in [-0.1, -0.05) is 0 Å². The topological polar surface area (TPSA) is 100 Å². The van der Waals surface area contributed by atoms with Gasteiger partial charge in [0.05, 0.1) is 12.7 Å². The van der Waals surface area contributed by atoms with Crippen LogP contribution in [0.2, 0.25) is 0 Å². The zero-order valence-corrected chi connectivity index (χ0v) is 11.2. The van der Waals surface area contributed by atoms with Crippen LogP contribution in [-0.4, -0.2) is 23.9 Å². The van der Waals surface area contributed by atoms with Gasteiger partial charge >= 0.3 is 0 Å². The Balaban J connectivity index is 1.95. The Morgan fingerprint density at radius 1 is 0.952 bits per heavy atom. The molecule has 7 nitrogen and oxygen atoms in total. The first-order valence-electron chi connectivity index (χ1n) is 6.03. The fraction of sp³-hybridized carbons (Fsp3) is 0.0714. The van der Waals surface area contributed by atoms with Crippen LogP contribution in [0, 0.1) is 0 Å². The molecule has 0 saturated heterocycles. The van der Waals surface area contributed by atoms with Crippen molar-refractivity contribution >= 4 is 11.8 Å². The second-order valence-electron chi connectivity index (χ2n) is 4.08. The average molecular weight is 287 g/mol. The summed E-state index contributed by atoms with van der Waals surface area (Å²) < 4.78 is 4.98. The van der Waals surface area contributed by atoms with E-state index in [-0.39, 0.29) is 11.1 Å². The molecule has 1 aromatic heterocycles. The minimum Gasteiger partial charge on any atom is -0.497 e. The summed E-state index contributed by atoms with van der Waals surface area (Å²) >= 11 is 0. The molecule has 3 N–H and O–H groups in total. The molecule has 0 saturated carbocycles. The molecule has 2 aromatic rings. The van der Waals surface area contributed by atoms with Crippen LogP contribution in [0.3, 0.4) is 0 Å². The van der Waals surface area contributed by atoms with Gasteiger partial charge in [0, 0.05) is 17.8 Å². The maximum Gasteiger partial charge on any atom is 0.271 e. The standard InChI is InChI=1S/C14H13N3O4/c1-21-11-5-2-9(3-6-11)13(19)16-17-14(20)10-4-7-12(18)15-8-10/h2-8H,1H3,(H,15,18)(H,16,19)(H,17,20). The van der Waals surface area contributed by atoms with Crippen LogP contribution in [0.5, 0.6) is 5.75 Å². The molecule has 0 aliphatic rings. The summed E-state index contributed by atoms with van der Waals surface area (Å²) in [7, 11) is 1.53. The number of rotatable bonds is 3. The number of aromatic amines is 1. The molecule has 0 radical (unpaired) electrons. The molecule has 1 heterocycles. The summed E-state index contributed by atoms with van der Waals surface area (Å²) in [5, 5.41) is 0. The number of carbonyl (C=O) groups excluding carboxylic acids is 2. The van der Waals surface area contributed by atoms with E-state index in [4.69, 9.17) is 4.74 Å². The molecule has 0 fully saturated rings. The van der Waals surface area contributed by atoms with Gasteiger partial charge in [-0.3, -0.25) is 25.2 Å². The fourth-order valence-electron chi connectivity index (χ4n) is 1.55. The predicted octanol–water partition coefficient (Wildman–Crippen LogP) is 0.458. The number of methoxy groups -OCH3 is 1. The third-order valence-corrected chi connectivity index (χ3v) is 2.69. The fourth-order valence-corrected chi connectivity index (χ4v) is 1.55. The Kier molecular flexibility index (Phi) is 4.35. The van der Waals surface area contributed by atoms with Crippen LogP contribution in [0.15, 0.2) is 47.4 Å². The third-order valence-electron chi connectivity index (χ3n) is 2.69.